The van der Waals surface area contributed by atoms with Crippen LogP contribution in [-0.2, 0) is 0 Å². The van der Waals surface area contributed by atoms with Crippen molar-refractivity contribution in [1.82, 2.24) is 4.98 Å². The molecule has 1 saturated carbocycles. The summed E-state index contributed by atoms with van der Waals surface area (Å²) < 4.78 is 0. The molecule has 104 valence electrons. The molecule has 0 radical (unpaired) electrons. The summed E-state index contributed by atoms with van der Waals surface area (Å²) >= 11 is 0. The van der Waals surface area contributed by atoms with E-state index in [1.165, 1.54) is 19.3 Å². The molecule has 1 aromatic carbocycles. The summed E-state index contributed by atoms with van der Waals surface area (Å²) in [5.74, 6) is 0.624. The van der Waals surface area contributed by atoms with Gasteiger partial charge in [0, 0.05) is 12.2 Å². The van der Waals surface area contributed by atoms with Crippen LogP contribution in [0.25, 0.3) is 10.9 Å². The minimum Gasteiger partial charge on any atom is -0.377 e. The summed E-state index contributed by atoms with van der Waals surface area (Å²) in [6, 6.07) is 7.34. The van der Waals surface area contributed by atoms with E-state index in [1.54, 1.807) is 24.4 Å². The SMILES string of the molecule is CC(Nc1ccc2ncccc2c1[N+](=O)[O-])C1CCC1. The summed E-state index contributed by atoms with van der Waals surface area (Å²) in [6.45, 7) is 2.10. The number of pyridine rings is 1. The second kappa shape index (κ2) is 5.07. The molecule has 3 rings (SSSR count). The maximum atomic E-state index is 11.4. The molecule has 1 atom stereocenters. The zero-order valence-electron chi connectivity index (χ0n) is 11.4. The molecule has 0 amide bonds. The summed E-state index contributed by atoms with van der Waals surface area (Å²) in [7, 11) is 0. The molecular weight excluding hydrogens is 254 g/mol. The lowest BCUT2D eigenvalue weighted by Gasteiger charge is -2.32. The highest BCUT2D eigenvalue weighted by atomic mass is 16.6. The van der Waals surface area contributed by atoms with E-state index in [2.05, 4.69) is 17.2 Å². The van der Waals surface area contributed by atoms with Gasteiger partial charge in [-0.05, 0) is 49.9 Å². The highest BCUT2D eigenvalue weighted by molar-refractivity contribution is 5.94. The van der Waals surface area contributed by atoms with Crippen LogP contribution in [0.2, 0.25) is 0 Å². The van der Waals surface area contributed by atoms with Crippen LogP contribution in [0.3, 0.4) is 0 Å². The average molecular weight is 271 g/mol. The third-order valence-electron chi connectivity index (χ3n) is 4.18. The number of anilines is 1. The molecule has 1 heterocycles. The van der Waals surface area contributed by atoms with Crippen molar-refractivity contribution in [3.63, 3.8) is 0 Å². The zero-order chi connectivity index (χ0) is 14.1. The number of hydrogen-bond acceptors (Lipinski definition) is 4. The predicted octanol–water partition coefficient (Wildman–Crippen LogP) is 3.74. The lowest BCUT2D eigenvalue weighted by Crippen LogP contribution is -2.31. The minimum absolute atomic E-state index is 0.127. The fraction of sp³-hybridized carbons (Fsp3) is 0.400. The Morgan fingerprint density at radius 1 is 1.40 bits per heavy atom. The van der Waals surface area contributed by atoms with Crippen LogP contribution in [0, 0.1) is 16.0 Å². The van der Waals surface area contributed by atoms with Crippen LogP contribution >= 0.6 is 0 Å². The molecule has 1 aromatic heterocycles. The number of hydrogen-bond donors (Lipinski definition) is 1. The molecule has 2 aromatic rings. The second-order valence-corrected chi connectivity index (χ2v) is 5.41. The predicted molar refractivity (Wildman–Crippen MR) is 78.8 cm³/mol. The first-order valence-corrected chi connectivity index (χ1v) is 6.95. The fourth-order valence-electron chi connectivity index (χ4n) is 2.75. The highest BCUT2D eigenvalue weighted by Crippen LogP contribution is 2.36. The molecule has 1 aliphatic carbocycles. The first-order chi connectivity index (χ1) is 9.66. The first-order valence-electron chi connectivity index (χ1n) is 6.95. The second-order valence-electron chi connectivity index (χ2n) is 5.41. The third kappa shape index (κ3) is 2.19. The van der Waals surface area contributed by atoms with Crippen molar-refractivity contribution in [3.05, 3.63) is 40.6 Å². The highest BCUT2D eigenvalue weighted by Gasteiger charge is 2.26. The van der Waals surface area contributed by atoms with Crippen molar-refractivity contribution in [2.45, 2.75) is 32.2 Å². The van der Waals surface area contributed by atoms with E-state index in [-0.39, 0.29) is 16.7 Å². The first kappa shape index (κ1) is 12.8. The van der Waals surface area contributed by atoms with Crippen molar-refractivity contribution in [2.75, 3.05) is 5.32 Å². The van der Waals surface area contributed by atoms with Gasteiger partial charge < -0.3 is 5.32 Å². The average Bonchev–Trinajstić information content (AvgIpc) is 2.35. The van der Waals surface area contributed by atoms with Crippen LogP contribution in [0.4, 0.5) is 11.4 Å². The molecule has 0 aliphatic heterocycles. The van der Waals surface area contributed by atoms with Crippen LogP contribution in [0.15, 0.2) is 30.5 Å². The van der Waals surface area contributed by atoms with Gasteiger partial charge >= 0.3 is 5.69 Å². The van der Waals surface area contributed by atoms with E-state index in [0.29, 0.717) is 22.5 Å². The fourth-order valence-corrected chi connectivity index (χ4v) is 2.75. The zero-order valence-corrected chi connectivity index (χ0v) is 11.4. The summed E-state index contributed by atoms with van der Waals surface area (Å²) in [4.78, 5) is 15.3. The minimum atomic E-state index is -0.320. The summed E-state index contributed by atoms with van der Waals surface area (Å²) in [5, 5.41) is 15.3. The molecule has 1 unspecified atom stereocenters. The molecule has 5 nitrogen and oxygen atoms in total. The van der Waals surface area contributed by atoms with Crippen molar-refractivity contribution in [2.24, 2.45) is 5.92 Å². The van der Waals surface area contributed by atoms with Crippen molar-refractivity contribution < 1.29 is 4.92 Å². The number of rotatable bonds is 4. The Morgan fingerprint density at radius 2 is 2.20 bits per heavy atom. The van der Waals surface area contributed by atoms with E-state index in [1.807, 2.05) is 6.07 Å². The number of nitro groups is 1. The molecule has 0 saturated heterocycles. The monoisotopic (exact) mass is 271 g/mol. The molecule has 0 bridgehead atoms. The lowest BCUT2D eigenvalue weighted by molar-refractivity contribution is -0.382. The van der Waals surface area contributed by atoms with Crippen LogP contribution in [-0.4, -0.2) is 15.9 Å². The number of aromatic nitrogens is 1. The van der Waals surface area contributed by atoms with Crippen LogP contribution < -0.4 is 5.32 Å². The largest absolute Gasteiger partial charge is 0.377 e. The smallest absolute Gasteiger partial charge is 0.301 e. The number of fused-ring (bicyclic) bond motifs is 1. The Balaban J connectivity index is 2.01. The number of nitro benzene ring substituents is 1. The van der Waals surface area contributed by atoms with Crippen molar-refractivity contribution >= 4 is 22.3 Å². The van der Waals surface area contributed by atoms with Gasteiger partial charge in [0.05, 0.1) is 15.8 Å². The van der Waals surface area contributed by atoms with Crippen molar-refractivity contribution in [1.29, 1.82) is 0 Å². The molecule has 1 N–H and O–H groups in total. The molecule has 1 aliphatic rings. The standard InChI is InChI=1S/C15H17N3O2/c1-10(11-4-2-5-11)17-14-8-7-13-12(6-3-9-16-13)15(14)18(19)20/h3,6-11,17H,2,4-5H2,1H3. The van der Waals surface area contributed by atoms with E-state index in [0.717, 1.165) is 0 Å². The number of nitrogens with zero attached hydrogens (tertiary/aromatic N) is 2. The molecule has 20 heavy (non-hydrogen) atoms. The quantitative estimate of drug-likeness (QED) is 0.679. The third-order valence-corrected chi connectivity index (χ3v) is 4.18. The van der Waals surface area contributed by atoms with Gasteiger partial charge in [0.2, 0.25) is 0 Å². The topological polar surface area (TPSA) is 68.1 Å². The summed E-state index contributed by atoms with van der Waals surface area (Å²) in [6.07, 6.45) is 5.32. The maximum absolute atomic E-state index is 11.4. The lowest BCUT2D eigenvalue weighted by atomic mass is 9.80. The Hall–Kier alpha value is -2.17. The van der Waals surface area contributed by atoms with E-state index in [9.17, 15) is 10.1 Å². The van der Waals surface area contributed by atoms with Gasteiger partial charge in [0.15, 0.2) is 0 Å². The normalized spacial score (nSPS) is 16.6. The Labute approximate surface area is 117 Å². The van der Waals surface area contributed by atoms with Gasteiger partial charge in [0.1, 0.15) is 5.69 Å². The van der Waals surface area contributed by atoms with Crippen molar-refractivity contribution in [3.8, 4) is 0 Å². The van der Waals surface area contributed by atoms with Crippen LogP contribution in [0.1, 0.15) is 26.2 Å². The molecule has 5 heteroatoms. The van der Waals surface area contributed by atoms with E-state index in [4.69, 9.17) is 0 Å². The molecule has 0 spiro atoms. The van der Waals surface area contributed by atoms with Gasteiger partial charge in [-0.3, -0.25) is 15.1 Å². The van der Waals surface area contributed by atoms with Gasteiger partial charge in [-0.15, -0.1) is 0 Å². The van der Waals surface area contributed by atoms with Gasteiger partial charge in [0.25, 0.3) is 0 Å². The van der Waals surface area contributed by atoms with Gasteiger partial charge in [-0.2, -0.15) is 0 Å². The maximum Gasteiger partial charge on any atom is 0.301 e. The Bertz CT molecular complexity index is 653. The van der Waals surface area contributed by atoms with Crippen LogP contribution in [0.5, 0.6) is 0 Å². The van der Waals surface area contributed by atoms with Gasteiger partial charge in [-0.25, -0.2) is 0 Å². The summed E-state index contributed by atoms with van der Waals surface area (Å²) in [5.41, 5.74) is 1.37. The van der Waals surface area contributed by atoms with E-state index >= 15 is 0 Å². The Kier molecular flexibility index (Phi) is 3.26. The number of nitrogens with one attached hydrogen (secondary N) is 1. The Morgan fingerprint density at radius 3 is 2.85 bits per heavy atom. The van der Waals surface area contributed by atoms with Gasteiger partial charge in [-0.1, -0.05) is 6.42 Å². The molecule has 1 fully saturated rings. The molecular formula is C15H17N3O2. The van der Waals surface area contributed by atoms with E-state index < -0.39 is 0 Å². The number of benzene rings is 1.